The van der Waals surface area contributed by atoms with E-state index in [1.807, 2.05) is 7.05 Å². The maximum Gasteiger partial charge on any atom is 0.243 e. The molecule has 1 aliphatic rings. The first-order valence-corrected chi connectivity index (χ1v) is 7.70. The van der Waals surface area contributed by atoms with Crippen molar-refractivity contribution in [1.82, 2.24) is 19.6 Å². The maximum atomic E-state index is 12.2. The summed E-state index contributed by atoms with van der Waals surface area (Å²) in [7, 11) is 0.194. The van der Waals surface area contributed by atoms with E-state index < -0.39 is 10.0 Å². The molecule has 0 aromatic carbocycles. The molecule has 2 N–H and O–H groups in total. The van der Waals surface area contributed by atoms with Crippen LogP contribution in [0, 0.1) is 0 Å². The molecule has 0 unspecified atom stereocenters. The monoisotopic (exact) mass is 285 g/mol. The van der Waals surface area contributed by atoms with E-state index in [0.717, 1.165) is 25.9 Å². The molecule has 1 aromatic rings. The van der Waals surface area contributed by atoms with Crippen molar-refractivity contribution in [2.75, 3.05) is 32.5 Å². The van der Waals surface area contributed by atoms with Crippen LogP contribution in [-0.2, 0) is 10.0 Å². The largest absolute Gasteiger partial charge is 0.357 e. The van der Waals surface area contributed by atoms with Gasteiger partial charge in [0.2, 0.25) is 16.0 Å². The summed E-state index contributed by atoms with van der Waals surface area (Å²) in [6.07, 6.45) is 4.28. The number of aromatic nitrogens is 2. The lowest BCUT2D eigenvalue weighted by atomic mass is 10.1. The third-order valence-corrected chi connectivity index (χ3v) is 4.68. The number of sulfonamides is 1. The van der Waals surface area contributed by atoms with E-state index >= 15 is 0 Å². The third kappa shape index (κ3) is 3.62. The second-order valence-electron chi connectivity index (χ2n) is 4.69. The fourth-order valence-electron chi connectivity index (χ4n) is 2.00. The van der Waals surface area contributed by atoms with E-state index in [1.54, 1.807) is 7.05 Å². The maximum absolute atomic E-state index is 12.2. The van der Waals surface area contributed by atoms with Crippen LogP contribution in [0.25, 0.3) is 0 Å². The highest BCUT2D eigenvalue weighted by atomic mass is 32.2. The summed E-state index contributed by atoms with van der Waals surface area (Å²) < 4.78 is 27.0. The predicted octanol–water partition coefficient (Wildman–Crippen LogP) is -0.109. The van der Waals surface area contributed by atoms with Crippen LogP contribution in [0.2, 0.25) is 0 Å². The Labute approximate surface area is 113 Å². The number of hydrogen-bond donors (Lipinski definition) is 2. The number of anilines is 1. The number of hydrogen-bond acceptors (Lipinski definition) is 6. The molecule has 106 valence electrons. The minimum Gasteiger partial charge on any atom is -0.357 e. The molecule has 1 fully saturated rings. The number of nitrogens with zero attached hydrogens (tertiary/aromatic N) is 3. The van der Waals surface area contributed by atoms with Gasteiger partial charge in [0.15, 0.2) is 0 Å². The topological polar surface area (TPSA) is 87.2 Å². The second-order valence-corrected chi connectivity index (χ2v) is 6.41. The van der Waals surface area contributed by atoms with Gasteiger partial charge in [0.05, 0.1) is 12.4 Å². The molecule has 7 nitrogen and oxygen atoms in total. The minimum atomic E-state index is -3.52. The summed E-state index contributed by atoms with van der Waals surface area (Å²) in [5.41, 5.74) is 0. The number of rotatable bonds is 4. The van der Waals surface area contributed by atoms with Crippen LogP contribution in [0.3, 0.4) is 0 Å². The molecule has 1 aliphatic heterocycles. The molecule has 19 heavy (non-hydrogen) atoms. The van der Waals surface area contributed by atoms with Gasteiger partial charge in [-0.3, -0.25) is 0 Å². The molecule has 2 rings (SSSR count). The lowest BCUT2D eigenvalue weighted by Crippen LogP contribution is -2.43. The second kappa shape index (κ2) is 5.81. The van der Waals surface area contributed by atoms with Crippen LogP contribution >= 0.6 is 0 Å². The smallest absolute Gasteiger partial charge is 0.243 e. The van der Waals surface area contributed by atoms with Crippen LogP contribution in [-0.4, -0.2) is 56.5 Å². The van der Waals surface area contributed by atoms with Gasteiger partial charge in [-0.1, -0.05) is 0 Å². The fourth-order valence-corrected chi connectivity index (χ4v) is 3.19. The van der Waals surface area contributed by atoms with Crippen molar-refractivity contribution in [2.24, 2.45) is 0 Å². The normalized spacial score (nSPS) is 18.4. The molecule has 1 aromatic heterocycles. The number of likely N-dealkylation sites (tertiary alicyclic amines) is 1. The predicted molar refractivity (Wildman–Crippen MR) is 72.4 cm³/mol. The SMILES string of the molecule is CNc1ncc(S(=O)(=O)NC2CCN(C)CC2)cn1. The molecule has 0 amide bonds. The molecule has 0 aliphatic carbocycles. The molecule has 0 atom stereocenters. The Morgan fingerprint density at radius 1 is 1.26 bits per heavy atom. The third-order valence-electron chi connectivity index (χ3n) is 3.20. The van der Waals surface area contributed by atoms with Crippen molar-refractivity contribution in [3.8, 4) is 0 Å². The van der Waals surface area contributed by atoms with Crippen LogP contribution < -0.4 is 10.0 Å². The van der Waals surface area contributed by atoms with E-state index in [9.17, 15) is 8.42 Å². The van der Waals surface area contributed by atoms with Gasteiger partial charge in [-0.05, 0) is 33.0 Å². The van der Waals surface area contributed by atoms with Crippen molar-refractivity contribution >= 4 is 16.0 Å². The Bertz CT molecular complexity index is 508. The zero-order valence-electron chi connectivity index (χ0n) is 11.1. The highest BCUT2D eigenvalue weighted by Crippen LogP contribution is 2.13. The fraction of sp³-hybridized carbons (Fsp3) is 0.636. The highest BCUT2D eigenvalue weighted by molar-refractivity contribution is 7.89. The summed E-state index contributed by atoms with van der Waals surface area (Å²) in [5.74, 6) is 0.401. The molecule has 0 radical (unpaired) electrons. The van der Waals surface area contributed by atoms with E-state index in [0.29, 0.717) is 5.95 Å². The Kier molecular flexibility index (Phi) is 4.33. The molecule has 0 bridgehead atoms. The molecule has 8 heteroatoms. The first-order valence-electron chi connectivity index (χ1n) is 6.22. The van der Waals surface area contributed by atoms with Crippen molar-refractivity contribution in [2.45, 2.75) is 23.8 Å². The molecule has 0 spiro atoms. The summed E-state index contributed by atoms with van der Waals surface area (Å²) in [6.45, 7) is 1.81. The van der Waals surface area contributed by atoms with Crippen molar-refractivity contribution in [3.05, 3.63) is 12.4 Å². The van der Waals surface area contributed by atoms with E-state index in [4.69, 9.17) is 0 Å². The quantitative estimate of drug-likeness (QED) is 0.803. The molecule has 2 heterocycles. The average Bonchev–Trinajstić information content (AvgIpc) is 2.41. The van der Waals surface area contributed by atoms with Gasteiger partial charge in [-0.15, -0.1) is 0 Å². The standard InChI is InChI=1S/C11H19N5O2S/c1-12-11-13-7-10(8-14-11)19(17,18)15-9-3-5-16(2)6-4-9/h7-9,15H,3-6H2,1-2H3,(H,12,13,14). The Balaban J connectivity index is 2.05. The van der Waals surface area contributed by atoms with Crippen LogP contribution in [0.5, 0.6) is 0 Å². The van der Waals surface area contributed by atoms with Gasteiger partial charge < -0.3 is 10.2 Å². The summed E-state index contributed by atoms with van der Waals surface area (Å²) in [5, 5.41) is 2.75. The summed E-state index contributed by atoms with van der Waals surface area (Å²) in [4.78, 5) is 10.1. The first kappa shape index (κ1) is 14.2. The summed E-state index contributed by atoms with van der Waals surface area (Å²) >= 11 is 0. The Morgan fingerprint density at radius 2 is 1.84 bits per heavy atom. The van der Waals surface area contributed by atoms with Gasteiger partial charge >= 0.3 is 0 Å². The summed E-state index contributed by atoms with van der Waals surface area (Å²) in [6, 6.07) is -0.00910. The molecular formula is C11H19N5O2S. The lowest BCUT2D eigenvalue weighted by molar-refractivity contribution is 0.248. The average molecular weight is 285 g/mol. The Morgan fingerprint density at radius 3 is 2.37 bits per heavy atom. The van der Waals surface area contributed by atoms with Crippen LogP contribution in [0.1, 0.15) is 12.8 Å². The molecule has 0 saturated carbocycles. The van der Waals surface area contributed by atoms with Crippen LogP contribution in [0.15, 0.2) is 17.3 Å². The zero-order chi connectivity index (χ0) is 13.9. The highest BCUT2D eigenvalue weighted by Gasteiger charge is 2.23. The van der Waals surface area contributed by atoms with E-state index in [2.05, 4.69) is 24.9 Å². The lowest BCUT2D eigenvalue weighted by Gasteiger charge is -2.29. The van der Waals surface area contributed by atoms with Gasteiger partial charge in [0.25, 0.3) is 0 Å². The van der Waals surface area contributed by atoms with Crippen molar-refractivity contribution < 1.29 is 8.42 Å². The van der Waals surface area contributed by atoms with E-state index in [-0.39, 0.29) is 10.9 Å². The van der Waals surface area contributed by atoms with Crippen molar-refractivity contribution in [1.29, 1.82) is 0 Å². The zero-order valence-corrected chi connectivity index (χ0v) is 11.9. The molecular weight excluding hydrogens is 266 g/mol. The Hall–Kier alpha value is -1.25. The first-order chi connectivity index (χ1) is 9.01. The number of piperidine rings is 1. The van der Waals surface area contributed by atoms with Gasteiger partial charge in [0.1, 0.15) is 4.90 Å². The minimum absolute atomic E-state index is 0.00910. The van der Waals surface area contributed by atoms with Gasteiger partial charge in [-0.25, -0.2) is 23.1 Å². The van der Waals surface area contributed by atoms with Crippen LogP contribution in [0.4, 0.5) is 5.95 Å². The number of nitrogens with one attached hydrogen (secondary N) is 2. The van der Waals surface area contributed by atoms with Crippen molar-refractivity contribution in [3.63, 3.8) is 0 Å². The molecule has 1 saturated heterocycles. The van der Waals surface area contributed by atoms with Gasteiger partial charge in [0, 0.05) is 13.1 Å². The van der Waals surface area contributed by atoms with Gasteiger partial charge in [-0.2, -0.15) is 0 Å². The van der Waals surface area contributed by atoms with E-state index in [1.165, 1.54) is 12.4 Å².